The molecule has 0 saturated heterocycles. The molecule has 4 rings (SSSR count). The maximum Gasteiger partial charge on any atom is 0.303 e. The van der Waals surface area contributed by atoms with Crippen molar-refractivity contribution in [2.24, 2.45) is 0 Å². The summed E-state index contributed by atoms with van der Waals surface area (Å²) in [6, 6.07) is 12.6. The summed E-state index contributed by atoms with van der Waals surface area (Å²) < 4.78 is 13.6. The third kappa shape index (κ3) is 5.13. The highest BCUT2D eigenvalue weighted by Gasteiger charge is 2.26. The molecule has 10 heteroatoms. The Kier molecular flexibility index (Phi) is 6.57. The van der Waals surface area contributed by atoms with Crippen LogP contribution in [0.2, 0.25) is 0 Å². The number of halogens is 1. The molecule has 3 N–H and O–H groups in total. The van der Waals surface area contributed by atoms with Crippen molar-refractivity contribution >= 4 is 40.8 Å². The van der Waals surface area contributed by atoms with Gasteiger partial charge in [-0.15, -0.1) is 11.3 Å². The molecule has 0 spiro atoms. The van der Waals surface area contributed by atoms with Crippen molar-refractivity contribution in [1.82, 2.24) is 15.4 Å². The largest absolute Gasteiger partial charge is 0.333 e. The Balaban J connectivity index is 1.37. The summed E-state index contributed by atoms with van der Waals surface area (Å²) in [5.74, 6) is -1.69. The Morgan fingerprint density at radius 1 is 1.12 bits per heavy atom. The Morgan fingerprint density at radius 3 is 2.61 bits per heavy atom. The average Bonchev–Trinajstić information content (AvgIpc) is 3.26. The van der Waals surface area contributed by atoms with E-state index < -0.39 is 17.6 Å². The molecule has 33 heavy (non-hydrogen) atoms. The Labute approximate surface area is 192 Å². The summed E-state index contributed by atoms with van der Waals surface area (Å²) in [7, 11) is 0. The number of aromatic nitrogens is 1. The maximum absolute atomic E-state index is 13.6. The zero-order valence-corrected chi connectivity index (χ0v) is 18.1. The number of hydroxylamine groups is 1. The molecule has 0 radical (unpaired) electrons. The van der Waals surface area contributed by atoms with E-state index in [-0.39, 0.29) is 10.9 Å². The van der Waals surface area contributed by atoms with E-state index in [2.05, 4.69) is 10.3 Å². The Hall–Kier alpha value is -3.89. The summed E-state index contributed by atoms with van der Waals surface area (Å²) in [5.41, 5.74) is 3.58. The van der Waals surface area contributed by atoms with Crippen molar-refractivity contribution in [1.29, 1.82) is 0 Å². The summed E-state index contributed by atoms with van der Waals surface area (Å²) >= 11 is 1.14. The van der Waals surface area contributed by atoms with Gasteiger partial charge in [0.2, 0.25) is 5.91 Å². The molecule has 8 nitrogen and oxygen atoms in total. The highest BCUT2D eigenvalue weighted by atomic mass is 32.1. The average molecular weight is 466 g/mol. The van der Waals surface area contributed by atoms with Gasteiger partial charge in [-0.05, 0) is 36.4 Å². The van der Waals surface area contributed by atoms with Crippen LogP contribution in [0.3, 0.4) is 0 Å². The van der Waals surface area contributed by atoms with Gasteiger partial charge in [-0.3, -0.25) is 19.6 Å². The molecular weight excluding hydrogens is 447 g/mol. The molecule has 0 fully saturated rings. The van der Waals surface area contributed by atoms with E-state index in [1.54, 1.807) is 52.8 Å². The van der Waals surface area contributed by atoms with Crippen molar-refractivity contribution < 1.29 is 24.0 Å². The zero-order valence-electron chi connectivity index (χ0n) is 17.2. The molecule has 0 unspecified atom stereocenters. The van der Waals surface area contributed by atoms with Crippen LogP contribution in [-0.2, 0) is 17.8 Å². The summed E-state index contributed by atoms with van der Waals surface area (Å²) in [6.45, 7) is 0.777. The predicted molar refractivity (Wildman–Crippen MR) is 120 cm³/mol. The van der Waals surface area contributed by atoms with Gasteiger partial charge in [-0.2, -0.15) is 0 Å². The molecule has 1 aromatic heterocycles. The van der Waals surface area contributed by atoms with Gasteiger partial charge in [0, 0.05) is 40.7 Å². The minimum absolute atomic E-state index is 0.154. The van der Waals surface area contributed by atoms with Crippen molar-refractivity contribution in [3.05, 3.63) is 87.1 Å². The lowest BCUT2D eigenvalue weighted by molar-refractivity contribution is -0.111. The zero-order chi connectivity index (χ0) is 23.4. The molecule has 168 valence electrons. The highest BCUT2D eigenvalue weighted by molar-refractivity contribution is 7.13. The third-order valence-corrected chi connectivity index (χ3v) is 6.11. The fourth-order valence-electron chi connectivity index (χ4n) is 3.35. The van der Waals surface area contributed by atoms with Gasteiger partial charge in [0.05, 0.1) is 12.2 Å². The summed E-state index contributed by atoms with van der Waals surface area (Å²) in [4.78, 5) is 43.2. The number of rotatable bonds is 5. The van der Waals surface area contributed by atoms with E-state index in [0.29, 0.717) is 36.3 Å². The molecule has 2 heterocycles. The normalized spacial score (nSPS) is 13.0. The number of carbonyl (C=O) groups is 3. The maximum atomic E-state index is 13.6. The molecule has 1 aliphatic rings. The van der Waals surface area contributed by atoms with E-state index in [4.69, 9.17) is 5.21 Å². The second-order valence-corrected chi connectivity index (χ2v) is 8.31. The first-order valence-corrected chi connectivity index (χ1v) is 10.8. The first-order valence-electron chi connectivity index (χ1n) is 10.0. The molecular formula is C23H19FN4O4S. The molecule has 0 bridgehead atoms. The molecule has 3 amide bonds. The molecule has 0 saturated carbocycles. The minimum atomic E-state index is -0.673. The van der Waals surface area contributed by atoms with E-state index in [9.17, 15) is 18.8 Å². The monoisotopic (exact) mass is 466 g/mol. The van der Waals surface area contributed by atoms with Gasteiger partial charge < -0.3 is 10.2 Å². The second-order valence-electron chi connectivity index (χ2n) is 7.23. The predicted octanol–water partition coefficient (Wildman–Crippen LogP) is 3.25. The van der Waals surface area contributed by atoms with Crippen LogP contribution in [0.4, 0.5) is 10.1 Å². The SMILES string of the molecule is O=C(/C=C/c1ccccc1F)Nc1ccc(C(=O)N2CCc3nc(C(=O)NO)sc3C2)cc1. The summed E-state index contributed by atoms with van der Waals surface area (Å²) in [5, 5.41) is 11.6. The highest BCUT2D eigenvalue weighted by Crippen LogP contribution is 2.26. The number of fused-ring (bicyclic) bond motifs is 1. The molecule has 0 aliphatic carbocycles. The number of hydrogen-bond donors (Lipinski definition) is 3. The third-order valence-electron chi connectivity index (χ3n) is 5.03. The van der Waals surface area contributed by atoms with Crippen molar-refractivity contribution in [2.75, 3.05) is 11.9 Å². The van der Waals surface area contributed by atoms with Crippen LogP contribution in [0.1, 0.15) is 36.3 Å². The van der Waals surface area contributed by atoms with Crippen LogP contribution in [0.15, 0.2) is 54.6 Å². The molecule has 3 aromatic rings. The number of anilines is 1. The first-order chi connectivity index (χ1) is 15.9. The molecule has 1 aliphatic heterocycles. The fraction of sp³-hybridized carbons (Fsp3) is 0.130. The molecule has 0 atom stereocenters. The number of carbonyl (C=O) groups excluding carboxylic acids is 3. The standard InChI is InChI=1S/C23H19FN4O4S/c24-17-4-2-1-3-14(17)7-10-20(29)25-16-8-5-15(6-9-16)23(31)28-12-11-18-19(13-28)33-22(26-18)21(30)27-32/h1-10,32H,11-13H2,(H,25,29)(H,27,30)/b10-7+. The lowest BCUT2D eigenvalue weighted by Gasteiger charge is -2.26. The van der Waals surface area contributed by atoms with Crippen LogP contribution in [-0.4, -0.2) is 39.4 Å². The van der Waals surface area contributed by atoms with Crippen LogP contribution in [0, 0.1) is 5.82 Å². The van der Waals surface area contributed by atoms with Gasteiger partial charge in [0.25, 0.3) is 5.91 Å². The van der Waals surface area contributed by atoms with Crippen LogP contribution in [0.5, 0.6) is 0 Å². The van der Waals surface area contributed by atoms with Gasteiger partial charge in [0.15, 0.2) is 5.01 Å². The number of thiazole rings is 1. The second kappa shape index (κ2) is 9.72. The van der Waals surface area contributed by atoms with Gasteiger partial charge in [0.1, 0.15) is 5.82 Å². The lowest BCUT2D eigenvalue weighted by Crippen LogP contribution is -2.35. The van der Waals surface area contributed by atoms with Crippen LogP contribution >= 0.6 is 11.3 Å². The number of nitrogens with one attached hydrogen (secondary N) is 2. The quantitative estimate of drug-likeness (QED) is 0.304. The number of benzene rings is 2. The summed E-state index contributed by atoms with van der Waals surface area (Å²) in [6.07, 6.45) is 3.14. The van der Waals surface area contributed by atoms with Crippen molar-refractivity contribution in [3.63, 3.8) is 0 Å². The van der Waals surface area contributed by atoms with Gasteiger partial charge in [-0.25, -0.2) is 14.9 Å². The van der Waals surface area contributed by atoms with E-state index in [1.165, 1.54) is 18.2 Å². The van der Waals surface area contributed by atoms with E-state index in [0.717, 1.165) is 21.9 Å². The Morgan fingerprint density at radius 2 is 1.88 bits per heavy atom. The number of nitrogens with zero attached hydrogens (tertiary/aromatic N) is 2. The minimum Gasteiger partial charge on any atom is -0.333 e. The Bertz CT molecular complexity index is 1240. The van der Waals surface area contributed by atoms with E-state index in [1.807, 2.05) is 0 Å². The molecule has 2 aromatic carbocycles. The van der Waals surface area contributed by atoms with Gasteiger partial charge >= 0.3 is 5.91 Å². The van der Waals surface area contributed by atoms with Crippen molar-refractivity contribution in [3.8, 4) is 0 Å². The van der Waals surface area contributed by atoms with Crippen molar-refractivity contribution in [2.45, 2.75) is 13.0 Å². The fourth-order valence-corrected chi connectivity index (χ4v) is 4.37. The van der Waals surface area contributed by atoms with E-state index >= 15 is 0 Å². The van der Waals surface area contributed by atoms with Crippen LogP contribution < -0.4 is 10.8 Å². The topological polar surface area (TPSA) is 112 Å². The lowest BCUT2D eigenvalue weighted by atomic mass is 10.1. The van der Waals surface area contributed by atoms with Gasteiger partial charge in [-0.1, -0.05) is 18.2 Å². The smallest absolute Gasteiger partial charge is 0.303 e. The number of amides is 3. The number of hydrogen-bond acceptors (Lipinski definition) is 6. The van der Waals surface area contributed by atoms with Crippen LogP contribution in [0.25, 0.3) is 6.08 Å². The first kappa shape index (κ1) is 22.3.